The molecule has 1 aromatic carbocycles. The molecule has 1 aliphatic rings. The van der Waals surface area contributed by atoms with E-state index in [1.165, 1.54) is 5.56 Å². The average molecular weight is 408 g/mol. The average Bonchev–Trinajstić information content (AvgIpc) is 3.26. The highest BCUT2D eigenvalue weighted by atomic mass is 16.3. The number of aliphatic hydroxyl groups is 1. The summed E-state index contributed by atoms with van der Waals surface area (Å²) in [6.07, 6.45) is 3.21. The van der Waals surface area contributed by atoms with Gasteiger partial charge in [-0.3, -0.25) is 9.48 Å². The normalized spacial score (nSPS) is 14.6. The van der Waals surface area contributed by atoms with E-state index in [1.807, 2.05) is 29.8 Å². The molecule has 0 saturated heterocycles. The van der Waals surface area contributed by atoms with Gasteiger partial charge in [-0.1, -0.05) is 24.3 Å². The molecular formula is C23H29N5O2. The Morgan fingerprint density at radius 2 is 1.93 bits per heavy atom. The SMILES string of the molecule is Cc1ccccc1Cc1c(-c2ccnc(N[C@@H](C)C(C)(C)O)n2)n2n(c1=O)CCC2. The van der Waals surface area contributed by atoms with Crippen LogP contribution in [0.15, 0.2) is 41.3 Å². The summed E-state index contributed by atoms with van der Waals surface area (Å²) in [5.41, 5.74) is 3.81. The van der Waals surface area contributed by atoms with E-state index in [-0.39, 0.29) is 11.6 Å². The number of rotatable bonds is 6. The van der Waals surface area contributed by atoms with Gasteiger partial charge in [-0.05, 0) is 51.3 Å². The number of benzene rings is 1. The van der Waals surface area contributed by atoms with Gasteiger partial charge in [0.2, 0.25) is 5.95 Å². The maximum Gasteiger partial charge on any atom is 0.270 e. The predicted octanol–water partition coefficient (Wildman–Crippen LogP) is 2.98. The van der Waals surface area contributed by atoms with Crippen molar-refractivity contribution < 1.29 is 5.11 Å². The third-order valence-electron chi connectivity index (χ3n) is 6.00. The molecule has 0 aliphatic carbocycles. The van der Waals surface area contributed by atoms with Crippen LogP contribution in [0, 0.1) is 6.92 Å². The van der Waals surface area contributed by atoms with Crippen molar-refractivity contribution >= 4 is 5.95 Å². The van der Waals surface area contributed by atoms with Crippen molar-refractivity contribution in [2.45, 2.75) is 65.3 Å². The van der Waals surface area contributed by atoms with Crippen molar-refractivity contribution in [3.05, 3.63) is 63.6 Å². The smallest absolute Gasteiger partial charge is 0.270 e. The van der Waals surface area contributed by atoms with Crippen LogP contribution in [0.25, 0.3) is 11.4 Å². The lowest BCUT2D eigenvalue weighted by molar-refractivity contribution is 0.0646. The van der Waals surface area contributed by atoms with Crippen molar-refractivity contribution in [1.29, 1.82) is 0 Å². The Labute approximate surface area is 176 Å². The number of hydrogen-bond acceptors (Lipinski definition) is 5. The zero-order valence-corrected chi connectivity index (χ0v) is 18.0. The highest BCUT2D eigenvalue weighted by Gasteiger charge is 2.27. The molecule has 30 heavy (non-hydrogen) atoms. The van der Waals surface area contributed by atoms with E-state index in [1.54, 1.807) is 20.0 Å². The van der Waals surface area contributed by atoms with Crippen LogP contribution in [0.3, 0.4) is 0 Å². The lowest BCUT2D eigenvalue weighted by Gasteiger charge is -2.26. The Bertz CT molecular complexity index is 1120. The molecule has 0 radical (unpaired) electrons. The van der Waals surface area contributed by atoms with Gasteiger partial charge in [0.1, 0.15) is 0 Å². The highest BCUT2D eigenvalue weighted by molar-refractivity contribution is 5.61. The third-order valence-corrected chi connectivity index (χ3v) is 6.00. The molecule has 2 N–H and O–H groups in total. The predicted molar refractivity (Wildman–Crippen MR) is 118 cm³/mol. The van der Waals surface area contributed by atoms with Gasteiger partial charge >= 0.3 is 0 Å². The van der Waals surface area contributed by atoms with Crippen LogP contribution in [0.1, 0.15) is 43.9 Å². The van der Waals surface area contributed by atoms with Crippen LogP contribution in [0.4, 0.5) is 5.95 Å². The minimum Gasteiger partial charge on any atom is -0.388 e. The molecule has 7 nitrogen and oxygen atoms in total. The molecule has 0 saturated carbocycles. The van der Waals surface area contributed by atoms with Crippen molar-refractivity contribution in [1.82, 2.24) is 19.3 Å². The van der Waals surface area contributed by atoms with Crippen molar-refractivity contribution in [2.24, 2.45) is 0 Å². The minimum absolute atomic E-state index is 0.0590. The Morgan fingerprint density at radius 3 is 2.67 bits per heavy atom. The van der Waals surface area contributed by atoms with Gasteiger partial charge in [-0.15, -0.1) is 0 Å². The molecule has 7 heteroatoms. The van der Waals surface area contributed by atoms with Gasteiger partial charge in [0.25, 0.3) is 5.56 Å². The monoisotopic (exact) mass is 407 g/mol. The quantitative estimate of drug-likeness (QED) is 0.656. The summed E-state index contributed by atoms with van der Waals surface area (Å²) in [5.74, 6) is 0.440. The summed E-state index contributed by atoms with van der Waals surface area (Å²) in [7, 11) is 0. The molecule has 0 fully saturated rings. The fourth-order valence-corrected chi connectivity index (χ4v) is 3.84. The van der Waals surface area contributed by atoms with Crippen molar-refractivity contribution in [3.63, 3.8) is 0 Å². The summed E-state index contributed by atoms with van der Waals surface area (Å²) in [6, 6.07) is 9.78. The molecule has 0 spiro atoms. The van der Waals surface area contributed by atoms with Crippen molar-refractivity contribution in [3.8, 4) is 11.4 Å². The fraction of sp³-hybridized carbons (Fsp3) is 0.435. The van der Waals surface area contributed by atoms with Gasteiger partial charge in [-0.2, -0.15) is 0 Å². The Kier molecular flexibility index (Phi) is 5.24. The first-order chi connectivity index (χ1) is 14.3. The summed E-state index contributed by atoms with van der Waals surface area (Å²) in [4.78, 5) is 22.2. The molecular weight excluding hydrogens is 378 g/mol. The zero-order valence-electron chi connectivity index (χ0n) is 18.0. The van der Waals surface area contributed by atoms with Crippen LogP contribution in [-0.2, 0) is 19.5 Å². The first kappa shape index (κ1) is 20.3. The second-order valence-corrected chi connectivity index (χ2v) is 8.62. The lowest BCUT2D eigenvalue weighted by atomic mass is 9.99. The van der Waals surface area contributed by atoms with E-state index < -0.39 is 5.60 Å². The Morgan fingerprint density at radius 1 is 1.20 bits per heavy atom. The summed E-state index contributed by atoms with van der Waals surface area (Å²) < 4.78 is 3.89. The van der Waals surface area contributed by atoms with Crippen LogP contribution >= 0.6 is 0 Å². The number of nitrogens with one attached hydrogen (secondary N) is 1. The lowest BCUT2D eigenvalue weighted by Crippen LogP contribution is -2.39. The molecule has 4 rings (SSSR count). The zero-order chi connectivity index (χ0) is 21.5. The minimum atomic E-state index is -0.913. The molecule has 3 aromatic rings. The number of fused-ring (bicyclic) bond motifs is 1. The highest BCUT2D eigenvalue weighted by Crippen LogP contribution is 2.27. The largest absolute Gasteiger partial charge is 0.388 e. The Balaban J connectivity index is 1.78. The molecule has 158 valence electrons. The van der Waals surface area contributed by atoms with Gasteiger partial charge < -0.3 is 10.4 Å². The van der Waals surface area contributed by atoms with E-state index >= 15 is 0 Å². The molecule has 1 atom stereocenters. The fourth-order valence-electron chi connectivity index (χ4n) is 3.84. The van der Waals surface area contributed by atoms with Gasteiger partial charge in [-0.25, -0.2) is 14.6 Å². The molecule has 0 amide bonds. The second-order valence-electron chi connectivity index (χ2n) is 8.62. The number of aryl methyl sites for hydroxylation is 1. The Hall–Kier alpha value is -2.93. The van der Waals surface area contributed by atoms with E-state index in [0.717, 1.165) is 42.0 Å². The van der Waals surface area contributed by atoms with Crippen LogP contribution in [-0.4, -0.2) is 36.1 Å². The molecule has 3 heterocycles. The van der Waals surface area contributed by atoms with E-state index in [0.29, 0.717) is 12.4 Å². The number of hydrogen-bond donors (Lipinski definition) is 2. The first-order valence-electron chi connectivity index (χ1n) is 10.4. The van der Waals surface area contributed by atoms with Crippen molar-refractivity contribution in [2.75, 3.05) is 5.32 Å². The van der Waals surface area contributed by atoms with E-state index in [9.17, 15) is 9.90 Å². The second kappa shape index (κ2) is 7.72. The number of aromatic nitrogens is 4. The van der Waals surface area contributed by atoms with E-state index in [2.05, 4.69) is 34.0 Å². The maximum atomic E-state index is 13.2. The maximum absolute atomic E-state index is 13.2. The molecule has 0 unspecified atom stereocenters. The summed E-state index contributed by atoms with van der Waals surface area (Å²) in [5, 5.41) is 13.4. The van der Waals surface area contributed by atoms with Crippen LogP contribution in [0.2, 0.25) is 0 Å². The first-order valence-corrected chi connectivity index (χ1v) is 10.4. The third kappa shape index (κ3) is 3.77. The topological polar surface area (TPSA) is 85.0 Å². The molecule has 2 aromatic heterocycles. The standard InChI is InChI=1S/C23H29N5O2/c1-15-8-5-6-9-17(15)14-18-20(27-12-7-13-28(27)21(18)29)19-10-11-24-22(26-19)25-16(2)23(3,4)30/h5-6,8-11,16,30H,7,12-14H2,1-4H3,(H,24,25,26)/t16-/m0/s1. The molecule has 0 bridgehead atoms. The van der Waals surface area contributed by atoms with Gasteiger partial charge in [0.15, 0.2) is 0 Å². The van der Waals surface area contributed by atoms with Gasteiger partial charge in [0.05, 0.1) is 28.6 Å². The summed E-state index contributed by atoms with van der Waals surface area (Å²) >= 11 is 0. The summed E-state index contributed by atoms with van der Waals surface area (Å²) in [6.45, 7) is 8.97. The van der Waals surface area contributed by atoms with Gasteiger partial charge in [0, 0.05) is 25.7 Å². The van der Waals surface area contributed by atoms with Crippen LogP contribution < -0.4 is 10.9 Å². The molecule has 1 aliphatic heterocycles. The van der Waals surface area contributed by atoms with Crippen LogP contribution in [0.5, 0.6) is 0 Å². The number of nitrogens with zero attached hydrogens (tertiary/aromatic N) is 4. The van der Waals surface area contributed by atoms with E-state index in [4.69, 9.17) is 4.98 Å². The number of anilines is 1.